The standard InChI is InChI=1S/C6H10N2O3/c1-3-11-8-5(9)4-7(2)6(8)10/h3-4H2,1-2H3. The van der Waals surface area contributed by atoms with E-state index >= 15 is 0 Å². The second-order valence-corrected chi connectivity index (χ2v) is 2.24. The Kier molecular flexibility index (Phi) is 2.09. The highest BCUT2D eigenvalue weighted by atomic mass is 16.7. The second-order valence-electron chi connectivity index (χ2n) is 2.24. The van der Waals surface area contributed by atoms with Crippen LogP contribution in [0.1, 0.15) is 6.92 Å². The van der Waals surface area contributed by atoms with Crippen LogP contribution in [0.3, 0.4) is 0 Å². The van der Waals surface area contributed by atoms with Crippen molar-refractivity contribution in [1.82, 2.24) is 9.96 Å². The number of amides is 3. The van der Waals surface area contributed by atoms with Crippen molar-refractivity contribution in [3.8, 4) is 0 Å². The lowest BCUT2D eigenvalue weighted by atomic mass is 10.6. The Bertz CT molecular complexity index is 192. The van der Waals surface area contributed by atoms with Crippen molar-refractivity contribution in [2.45, 2.75) is 6.92 Å². The van der Waals surface area contributed by atoms with Gasteiger partial charge in [0.2, 0.25) is 0 Å². The van der Waals surface area contributed by atoms with Gasteiger partial charge in [-0.05, 0) is 6.92 Å². The Morgan fingerprint density at radius 1 is 1.55 bits per heavy atom. The Morgan fingerprint density at radius 3 is 2.55 bits per heavy atom. The smallest absolute Gasteiger partial charge is 0.316 e. The van der Waals surface area contributed by atoms with Crippen molar-refractivity contribution in [3.05, 3.63) is 0 Å². The summed E-state index contributed by atoms with van der Waals surface area (Å²) in [7, 11) is 1.55. The number of carbonyl (C=O) groups excluding carboxylic acids is 2. The summed E-state index contributed by atoms with van der Waals surface area (Å²) in [5, 5.41) is 0.792. The molecule has 1 aliphatic heterocycles. The molecule has 0 spiro atoms. The van der Waals surface area contributed by atoms with Gasteiger partial charge in [-0.25, -0.2) is 4.79 Å². The van der Waals surface area contributed by atoms with Gasteiger partial charge in [0.15, 0.2) is 0 Å². The lowest BCUT2D eigenvalue weighted by Crippen LogP contribution is -2.31. The summed E-state index contributed by atoms with van der Waals surface area (Å²) < 4.78 is 0. The minimum atomic E-state index is -0.392. The molecule has 5 heteroatoms. The van der Waals surface area contributed by atoms with Crippen LogP contribution in [0.25, 0.3) is 0 Å². The van der Waals surface area contributed by atoms with Crippen molar-refractivity contribution >= 4 is 11.9 Å². The number of hydrogen-bond donors (Lipinski definition) is 0. The number of hydrogen-bond acceptors (Lipinski definition) is 3. The van der Waals surface area contributed by atoms with Gasteiger partial charge in [0, 0.05) is 7.05 Å². The van der Waals surface area contributed by atoms with E-state index in [2.05, 4.69) is 0 Å². The first-order valence-electron chi connectivity index (χ1n) is 3.37. The molecule has 1 heterocycles. The molecule has 1 rings (SSSR count). The van der Waals surface area contributed by atoms with Gasteiger partial charge >= 0.3 is 6.03 Å². The molecule has 0 aromatic rings. The minimum Gasteiger partial charge on any atom is -0.316 e. The lowest BCUT2D eigenvalue weighted by Gasteiger charge is -2.11. The molecular formula is C6H10N2O3. The molecule has 5 nitrogen and oxygen atoms in total. The molecule has 0 aromatic carbocycles. The van der Waals surface area contributed by atoms with Crippen molar-refractivity contribution in [2.75, 3.05) is 20.2 Å². The summed E-state index contributed by atoms with van der Waals surface area (Å²) in [6, 6.07) is -0.392. The predicted octanol–water partition coefficient (Wildman–Crippen LogP) is -0.168. The lowest BCUT2D eigenvalue weighted by molar-refractivity contribution is -0.160. The third-order valence-corrected chi connectivity index (χ3v) is 1.36. The number of imide groups is 1. The zero-order chi connectivity index (χ0) is 8.43. The van der Waals surface area contributed by atoms with Crippen LogP contribution in [-0.2, 0) is 9.63 Å². The van der Waals surface area contributed by atoms with Crippen LogP contribution in [-0.4, -0.2) is 42.1 Å². The summed E-state index contributed by atoms with van der Waals surface area (Å²) in [5.74, 6) is -0.306. The van der Waals surface area contributed by atoms with Crippen molar-refractivity contribution in [1.29, 1.82) is 0 Å². The summed E-state index contributed by atoms with van der Waals surface area (Å²) in [6.45, 7) is 2.16. The number of likely N-dealkylation sites (N-methyl/N-ethyl adjacent to an activating group) is 1. The van der Waals surface area contributed by atoms with Gasteiger partial charge in [-0.2, -0.15) is 0 Å². The largest absolute Gasteiger partial charge is 0.351 e. The van der Waals surface area contributed by atoms with E-state index < -0.39 is 6.03 Å². The molecule has 0 aliphatic carbocycles. The van der Waals surface area contributed by atoms with Crippen molar-refractivity contribution < 1.29 is 14.4 Å². The Morgan fingerprint density at radius 2 is 2.18 bits per heavy atom. The highest BCUT2D eigenvalue weighted by Gasteiger charge is 2.34. The molecule has 0 atom stereocenters. The third-order valence-electron chi connectivity index (χ3n) is 1.36. The second kappa shape index (κ2) is 2.87. The summed E-state index contributed by atoms with van der Waals surface area (Å²) in [6.07, 6.45) is 0. The Balaban J connectivity index is 2.64. The monoisotopic (exact) mass is 158 g/mol. The van der Waals surface area contributed by atoms with E-state index in [1.807, 2.05) is 0 Å². The molecule has 0 radical (unpaired) electrons. The maximum Gasteiger partial charge on any atom is 0.351 e. The normalized spacial score (nSPS) is 18.4. The molecular weight excluding hydrogens is 148 g/mol. The van der Waals surface area contributed by atoms with E-state index in [-0.39, 0.29) is 12.5 Å². The van der Waals surface area contributed by atoms with Gasteiger partial charge in [-0.3, -0.25) is 9.63 Å². The number of nitrogens with zero attached hydrogens (tertiary/aromatic N) is 2. The van der Waals surface area contributed by atoms with Crippen LogP contribution in [0.2, 0.25) is 0 Å². The molecule has 0 N–H and O–H groups in total. The quantitative estimate of drug-likeness (QED) is 0.524. The fourth-order valence-corrected chi connectivity index (χ4v) is 0.853. The van der Waals surface area contributed by atoms with Crippen LogP contribution in [0.15, 0.2) is 0 Å². The van der Waals surface area contributed by atoms with Crippen LogP contribution in [0.5, 0.6) is 0 Å². The minimum absolute atomic E-state index is 0.110. The van der Waals surface area contributed by atoms with Gasteiger partial charge in [0.1, 0.15) is 6.54 Å². The third kappa shape index (κ3) is 1.32. The van der Waals surface area contributed by atoms with E-state index in [1.54, 1.807) is 14.0 Å². The zero-order valence-corrected chi connectivity index (χ0v) is 6.53. The highest BCUT2D eigenvalue weighted by Crippen LogP contribution is 2.07. The molecule has 0 bridgehead atoms. The fourth-order valence-electron chi connectivity index (χ4n) is 0.853. The van der Waals surface area contributed by atoms with E-state index in [9.17, 15) is 9.59 Å². The number of hydroxylamine groups is 2. The molecule has 1 saturated heterocycles. The number of rotatable bonds is 2. The molecule has 11 heavy (non-hydrogen) atoms. The van der Waals surface area contributed by atoms with Gasteiger partial charge in [-0.15, -0.1) is 5.06 Å². The Hall–Kier alpha value is -1.10. The predicted molar refractivity (Wildman–Crippen MR) is 36.5 cm³/mol. The maximum absolute atomic E-state index is 11.0. The Labute approximate surface area is 64.5 Å². The van der Waals surface area contributed by atoms with Gasteiger partial charge in [-0.1, -0.05) is 0 Å². The molecule has 3 amide bonds. The molecule has 0 aromatic heterocycles. The molecule has 0 saturated carbocycles. The van der Waals surface area contributed by atoms with E-state index in [4.69, 9.17) is 4.84 Å². The summed E-state index contributed by atoms with van der Waals surface area (Å²) in [5.41, 5.74) is 0. The first-order valence-corrected chi connectivity index (χ1v) is 3.37. The number of urea groups is 1. The van der Waals surface area contributed by atoms with Crippen LogP contribution >= 0.6 is 0 Å². The van der Waals surface area contributed by atoms with E-state index in [0.29, 0.717) is 6.61 Å². The van der Waals surface area contributed by atoms with Gasteiger partial charge in [0.25, 0.3) is 5.91 Å². The molecule has 1 fully saturated rings. The molecule has 0 unspecified atom stereocenters. The van der Waals surface area contributed by atoms with Crippen molar-refractivity contribution in [3.63, 3.8) is 0 Å². The molecule has 1 aliphatic rings. The maximum atomic E-state index is 11.0. The first-order chi connectivity index (χ1) is 5.16. The SMILES string of the molecule is CCON1C(=O)CN(C)C1=O. The number of carbonyl (C=O) groups is 2. The topological polar surface area (TPSA) is 49.9 Å². The van der Waals surface area contributed by atoms with Crippen molar-refractivity contribution in [2.24, 2.45) is 0 Å². The molecule has 62 valence electrons. The zero-order valence-electron chi connectivity index (χ0n) is 6.53. The first kappa shape index (κ1) is 8.00. The summed E-state index contributed by atoms with van der Waals surface area (Å²) in [4.78, 5) is 28.0. The fraction of sp³-hybridized carbons (Fsp3) is 0.667. The van der Waals surface area contributed by atoms with Crippen LogP contribution < -0.4 is 0 Å². The van der Waals surface area contributed by atoms with E-state index in [1.165, 1.54) is 4.90 Å². The van der Waals surface area contributed by atoms with Gasteiger partial charge < -0.3 is 4.90 Å². The van der Waals surface area contributed by atoms with E-state index in [0.717, 1.165) is 5.06 Å². The van der Waals surface area contributed by atoms with Crippen LogP contribution in [0, 0.1) is 0 Å². The van der Waals surface area contributed by atoms with Gasteiger partial charge in [0.05, 0.1) is 6.61 Å². The average Bonchev–Trinajstić information content (AvgIpc) is 2.17. The average molecular weight is 158 g/mol. The van der Waals surface area contributed by atoms with Crippen LogP contribution in [0.4, 0.5) is 4.79 Å². The summed E-state index contributed by atoms with van der Waals surface area (Å²) >= 11 is 0. The highest BCUT2D eigenvalue weighted by molar-refractivity contribution is 6.00.